The number of carbonyl (C=O) groups excluding carboxylic acids is 1. The van der Waals surface area contributed by atoms with Crippen LogP contribution >= 0.6 is 23.2 Å². The molecule has 7 heteroatoms. The van der Waals surface area contributed by atoms with Crippen LogP contribution in [0.3, 0.4) is 0 Å². The van der Waals surface area contributed by atoms with Gasteiger partial charge in [-0.15, -0.1) is 0 Å². The van der Waals surface area contributed by atoms with E-state index in [9.17, 15) is 4.79 Å². The normalized spacial score (nSPS) is 16.3. The topological polar surface area (TPSA) is 58.2 Å². The van der Waals surface area contributed by atoms with Crippen LogP contribution in [0.1, 0.15) is 31.2 Å². The molecule has 146 valence electrons. The van der Waals surface area contributed by atoms with Gasteiger partial charge >= 0.3 is 0 Å². The number of aromatic nitrogens is 2. The monoisotopic (exact) mass is 417 g/mol. The van der Waals surface area contributed by atoms with Gasteiger partial charge in [-0.1, -0.05) is 29.3 Å². The summed E-state index contributed by atoms with van der Waals surface area (Å²) in [6, 6.07) is 9.21. The van der Waals surface area contributed by atoms with E-state index in [2.05, 4.69) is 16.0 Å². The average molecular weight is 418 g/mol. The van der Waals surface area contributed by atoms with Crippen LogP contribution in [0, 0.1) is 0 Å². The van der Waals surface area contributed by atoms with Crippen molar-refractivity contribution in [2.45, 2.75) is 31.8 Å². The smallest absolute Gasteiger partial charge is 0.263 e. The molecule has 0 bridgehead atoms. The van der Waals surface area contributed by atoms with E-state index in [1.165, 1.54) is 10.9 Å². The molecule has 1 unspecified atom stereocenters. The number of rotatable bonds is 4. The first-order valence-corrected chi connectivity index (χ1v) is 10.1. The van der Waals surface area contributed by atoms with Crippen LogP contribution in [-0.2, 0) is 4.79 Å². The SMILES string of the molecule is CC(Oc1cccc(Cl)c1Cl)C(=O)N1CCC(c2c[nH]c3ncccc23)CC1. The number of aromatic amines is 1. The van der Waals surface area contributed by atoms with Crippen molar-refractivity contribution in [2.75, 3.05) is 13.1 Å². The number of benzene rings is 1. The predicted octanol–water partition coefficient (Wildman–Crippen LogP) is 5.04. The fraction of sp³-hybridized carbons (Fsp3) is 0.333. The van der Waals surface area contributed by atoms with Crippen LogP contribution in [0.5, 0.6) is 5.75 Å². The van der Waals surface area contributed by atoms with Gasteiger partial charge in [0.1, 0.15) is 16.4 Å². The Morgan fingerprint density at radius 1 is 1.25 bits per heavy atom. The first kappa shape index (κ1) is 19.1. The Hall–Kier alpha value is -2.24. The van der Waals surface area contributed by atoms with E-state index in [0.717, 1.165) is 18.5 Å². The second-order valence-corrected chi connectivity index (χ2v) is 7.84. The van der Waals surface area contributed by atoms with Gasteiger partial charge in [0.2, 0.25) is 0 Å². The third-order valence-electron chi connectivity index (χ3n) is 5.30. The molecule has 1 aliphatic heterocycles. The van der Waals surface area contributed by atoms with Crippen LogP contribution in [0.2, 0.25) is 10.0 Å². The van der Waals surface area contributed by atoms with Crippen LogP contribution in [0.25, 0.3) is 11.0 Å². The maximum absolute atomic E-state index is 12.8. The molecule has 3 aromatic rings. The molecule has 1 saturated heterocycles. The molecule has 28 heavy (non-hydrogen) atoms. The van der Waals surface area contributed by atoms with Gasteiger partial charge in [-0.05, 0) is 55.5 Å². The first-order valence-electron chi connectivity index (χ1n) is 9.36. The number of hydrogen-bond acceptors (Lipinski definition) is 3. The average Bonchev–Trinajstić information content (AvgIpc) is 3.15. The van der Waals surface area contributed by atoms with Crippen molar-refractivity contribution in [3.63, 3.8) is 0 Å². The summed E-state index contributed by atoms with van der Waals surface area (Å²) in [5, 5.41) is 1.91. The van der Waals surface area contributed by atoms with Gasteiger partial charge in [-0.25, -0.2) is 4.98 Å². The molecule has 1 aromatic carbocycles. The number of amides is 1. The zero-order valence-corrected chi connectivity index (χ0v) is 17.0. The maximum Gasteiger partial charge on any atom is 0.263 e. The highest BCUT2D eigenvalue weighted by atomic mass is 35.5. The number of likely N-dealkylation sites (tertiary alicyclic amines) is 1. The number of carbonyl (C=O) groups is 1. The fourth-order valence-electron chi connectivity index (χ4n) is 3.80. The number of fused-ring (bicyclic) bond motifs is 1. The van der Waals surface area contributed by atoms with Gasteiger partial charge in [-0.2, -0.15) is 0 Å². The molecule has 0 saturated carbocycles. The van der Waals surface area contributed by atoms with Gasteiger partial charge in [0.05, 0.1) is 5.02 Å². The summed E-state index contributed by atoms with van der Waals surface area (Å²) in [6.07, 6.45) is 5.05. The van der Waals surface area contributed by atoms with Gasteiger partial charge in [0.15, 0.2) is 6.10 Å². The quantitative estimate of drug-likeness (QED) is 0.646. The Kier molecular flexibility index (Phi) is 5.47. The fourth-order valence-corrected chi connectivity index (χ4v) is 4.14. The minimum absolute atomic E-state index is 0.0323. The minimum atomic E-state index is -0.621. The number of halogens is 2. The lowest BCUT2D eigenvalue weighted by atomic mass is 9.89. The van der Waals surface area contributed by atoms with Crippen molar-refractivity contribution < 1.29 is 9.53 Å². The van der Waals surface area contributed by atoms with E-state index in [1.807, 2.05) is 17.2 Å². The maximum atomic E-state index is 12.8. The van der Waals surface area contributed by atoms with E-state index in [1.54, 1.807) is 31.3 Å². The van der Waals surface area contributed by atoms with Crippen molar-refractivity contribution >= 4 is 40.1 Å². The molecule has 1 N–H and O–H groups in total. The molecular formula is C21H21Cl2N3O2. The second-order valence-electron chi connectivity index (χ2n) is 7.06. The first-order chi connectivity index (χ1) is 13.5. The highest BCUT2D eigenvalue weighted by Gasteiger charge is 2.29. The Balaban J connectivity index is 1.39. The van der Waals surface area contributed by atoms with E-state index in [-0.39, 0.29) is 5.91 Å². The summed E-state index contributed by atoms with van der Waals surface area (Å²) in [7, 11) is 0. The second kappa shape index (κ2) is 8.02. The van der Waals surface area contributed by atoms with Crippen molar-refractivity contribution in [3.05, 3.63) is 58.3 Å². The summed E-state index contributed by atoms with van der Waals surface area (Å²) >= 11 is 12.2. The van der Waals surface area contributed by atoms with E-state index in [0.29, 0.717) is 34.8 Å². The lowest BCUT2D eigenvalue weighted by molar-refractivity contribution is -0.139. The number of nitrogens with zero attached hydrogens (tertiary/aromatic N) is 2. The zero-order chi connectivity index (χ0) is 19.7. The van der Waals surface area contributed by atoms with Crippen molar-refractivity contribution in [1.29, 1.82) is 0 Å². The van der Waals surface area contributed by atoms with Crippen LogP contribution in [0.4, 0.5) is 0 Å². The van der Waals surface area contributed by atoms with Crippen molar-refractivity contribution in [1.82, 2.24) is 14.9 Å². The standard InChI is InChI=1S/C21H21Cl2N3O2/c1-13(28-18-6-2-5-17(22)19(18)23)21(27)26-10-7-14(8-11-26)16-12-25-20-15(16)4-3-9-24-20/h2-6,9,12-14H,7-8,10-11H2,1H3,(H,24,25). The molecule has 0 radical (unpaired) electrons. The van der Waals surface area contributed by atoms with Gasteiger partial charge in [-0.3, -0.25) is 4.79 Å². The predicted molar refractivity (Wildman–Crippen MR) is 111 cm³/mol. The summed E-state index contributed by atoms with van der Waals surface area (Å²) in [6.45, 7) is 3.15. The summed E-state index contributed by atoms with van der Waals surface area (Å²) in [5.74, 6) is 0.812. The molecule has 1 amide bonds. The molecule has 4 rings (SSSR count). The Bertz CT molecular complexity index is 996. The lowest BCUT2D eigenvalue weighted by Gasteiger charge is -2.33. The molecule has 1 fully saturated rings. The largest absolute Gasteiger partial charge is 0.479 e. The highest BCUT2D eigenvalue weighted by Crippen LogP contribution is 2.34. The van der Waals surface area contributed by atoms with Crippen LogP contribution < -0.4 is 4.74 Å². The zero-order valence-electron chi connectivity index (χ0n) is 15.5. The lowest BCUT2D eigenvalue weighted by Crippen LogP contribution is -2.44. The molecule has 3 heterocycles. The molecule has 2 aromatic heterocycles. The minimum Gasteiger partial charge on any atom is -0.479 e. The van der Waals surface area contributed by atoms with E-state index >= 15 is 0 Å². The molecule has 0 aliphatic carbocycles. The highest BCUT2D eigenvalue weighted by molar-refractivity contribution is 6.42. The molecule has 1 aliphatic rings. The number of ether oxygens (including phenoxy) is 1. The Labute approximate surface area is 173 Å². The van der Waals surface area contributed by atoms with Gasteiger partial charge in [0.25, 0.3) is 5.91 Å². The van der Waals surface area contributed by atoms with Gasteiger partial charge in [0, 0.05) is 30.9 Å². The van der Waals surface area contributed by atoms with Crippen LogP contribution in [-0.4, -0.2) is 40.0 Å². The van der Waals surface area contributed by atoms with Crippen molar-refractivity contribution in [2.24, 2.45) is 0 Å². The number of hydrogen-bond donors (Lipinski definition) is 1. The Morgan fingerprint density at radius 2 is 2.04 bits per heavy atom. The molecule has 0 spiro atoms. The summed E-state index contributed by atoms with van der Waals surface area (Å²) in [5.41, 5.74) is 2.20. The van der Waals surface area contributed by atoms with Crippen molar-refractivity contribution in [3.8, 4) is 5.75 Å². The number of piperidine rings is 1. The number of pyridine rings is 1. The van der Waals surface area contributed by atoms with Crippen LogP contribution in [0.15, 0.2) is 42.7 Å². The molecule has 5 nitrogen and oxygen atoms in total. The number of H-pyrrole nitrogens is 1. The number of nitrogens with one attached hydrogen (secondary N) is 1. The summed E-state index contributed by atoms with van der Waals surface area (Å²) in [4.78, 5) is 22.3. The van der Waals surface area contributed by atoms with E-state index < -0.39 is 6.10 Å². The molecular weight excluding hydrogens is 397 g/mol. The van der Waals surface area contributed by atoms with Gasteiger partial charge < -0.3 is 14.6 Å². The Morgan fingerprint density at radius 3 is 2.82 bits per heavy atom. The third-order valence-corrected chi connectivity index (χ3v) is 6.10. The third kappa shape index (κ3) is 3.69. The summed E-state index contributed by atoms with van der Waals surface area (Å²) < 4.78 is 5.78. The molecule has 1 atom stereocenters. The van der Waals surface area contributed by atoms with E-state index in [4.69, 9.17) is 27.9 Å².